The van der Waals surface area contributed by atoms with Crippen LogP contribution in [0.15, 0.2) is 48.5 Å². The first-order valence-corrected chi connectivity index (χ1v) is 16.4. The largest absolute Gasteiger partial charge is 1.00 e. The summed E-state index contributed by atoms with van der Waals surface area (Å²) in [6.45, 7) is 9.11. The van der Waals surface area contributed by atoms with Crippen molar-refractivity contribution in [2.75, 3.05) is 0 Å². The van der Waals surface area contributed by atoms with E-state index in [-0.39, 0.29) is 30.3 Å². The Hall–Kier alpha value is 0.367. The maximum absolute atomic E-state index is 2.33. The fraction of sp³-hybridized carbons (Fsp3) is 0.500. The minimum absolute atomic E-state index is 0. The van der Waals surface area contributed by atoms with Crippen LogP contribution < -0.4 is 24.8 Å². The number of rotatable bonds is 6. The van der Waals surface area contributed by atoms with Gasteiger partial charge in [-0.3, -0.25) is 0 Å². The summed E-state index contributed by atoms with van der Waals surface area (Å²) in [7, 11) is 0. The second kappa shape index (κ2) is 21.4. The summed E-state index contributed by atoms with van der Waals surface area (Å²) in [6, 6.07) is 17.2. The van der Waals surface area contributed by atoms with Gasteiger partial charge in [-0.05, 0) is 0 Å². The van der Waals surface area contributed by atoms with Crippen LogP contribution in [-0.4, -0.2) is 5.49 Å². The van der Waals surface area contributed by atoms with Crippen molar-refractivity contribution in [1.82, 2.24) is 0 Å². The Morgan fingerprint density at radius 1 is 0.708 bits per heavy atom. The molecule has 24 heavy (non-hydrogen) atoms. The second-order valence-electron chi connectivity index (χ2n) is 5.79. The molecule has 2 aromatic carbocycles. The molecule has 0 aromatic heterocycles. The zero-order valence-electron chi connectivity index (χ0n) is 15.6. The van der Waals surface area contributed by atoms with Crippen LogP contribution in [0.4, 0.5) is 0 Å². The van der Waals surface area contributed by atoms with Gasteiger partial charge in [0.25, 0.3) is 0 Å². The van der Waals surface area contributed by atoms with Gasteiger partial charge in [0.15, 0.2) is 0 Å². The molecule has 136 valence electrons. The zero-order chi connectivity index (χ0) is 16.6. The van der Waals surface area contributed by atoms with Gasteiger partial charge in [0, 0.05) is 0 Å². The summed E-state index contributed by atoms with van der Waals surface area (Å²) < 4.78 is 0. The number of unbranched alkanes of at least 4 members (excludes halogenated alkanes) is 2. The van der Waals surface area contributed by atoms with Crippen LogP contribution in [0.2, 0.25) is 13.1 Å². The van der Waals surface area contributed by atoms with E-state index in [4.69, 9.17) is 0 Å². The fourth-order valence-corrected chi connectivity index (χ4v) is 1.92. The van der Waals surface area contributed by atoms with E-state index in [0.29, 0.717) is 0 Å². The van der Waals surface area contributed by atoms with Gasteiger partial charge in [-0.25, -0.2) is 24.3 Å². The van der Waals surface area contributed by atoms with Crippen molar-refractivity contribution >= 4 is 5.49 Å². The molecule has 0 N–H and O–H groups in total. The van der Waals surface area contributed by atoms with Gasteiger partial charge in [0.05, 0.1) is 0 Å². The number of hydrogen-bond acceptors (Lipinski definition) is 0. The van der Waals surface area contributed by atoms with Crippen LogP contribution in [-0.2, 0) is 35.8 Å². The SMILES string of the molecule is CCCC[c-]1cccc1.CCCC[c-]1cccc1.C[Si](C)=[Hf+2].[Cl-].[Cl-]. The van der Waals surface area contributed by atoms with Gasteiger partial charge in [-0.15, -0.1) is 0 Å². The molecule has 0 spiro atoms. The maximum atomic E-state index is 2.33. The molecule has 0 atom stereocenters. The first-order chi connectivity index (χ1) is 10.6. The van der Waals surface area contributed by atoms with Crippen LogP contribution in [0.1, 0.15) is 50.7 Å². The predicted molar refractivity (Wildman–Crippen MR) is 98.8 cm³/mol. The van der Waals surface area contributed by atoms with E-state index in [9.17, 15) is 0 Å². The van der Waals surface area contributed by atoms with Gasteiger partial charge in [-0.1, -0.05) is 52.4 Å². The molecule has 0 saturated heterocycles. The first kappa shape index (κ1) is 29.1. The van der Waals surface area contributed by atoms with Gasteiger partial charge in [0.1, 0.15) is 0 Å². The molecule has 0 heterocycles. The molecule has 0 aliphatic rings. The summed E-state index contributed by atoms with van der Waals surface area (Å²) in [5, 5.41) is 0. The molecular weight excluding hydrogens is 518 g/mol. The van der Waals surface area contributed by atoms with Gasteiger partial charge >= 0.3 is 41.6 Å². The van der Waals surface area contributed by atoms with Crippen molar-refractivity contribution in [3.8, 4) is 0 Å². The number of aryl methyl sites for hydroxylation is 2. The molecular formula is C20H32Cl2HfSi-2. The fourth-order valence-electron chi connectivity index (χ4n) is 1.92. The van der Waals surface area contributed by atoms with Gasteiger partial charge in [-0.2, -0.15) is 35.4 Å². The number of hydrogen-bond donors (Lipinski definition) is 0. The Bertz CT molecular complexity index is 408. The van der Waals surface area contributed by atoms with Crippen LogP contribution in [0.5, 0.6) is 0 Å². The molecule has 0 aliphatic heterocycles. The van der Waals surface area contributed by atoms with E-state index in [0.717, 1.165) is 0 Å². The average Bonchev–Trinajstić information content (AvgIpc) is 3.16. The van der Waals surface area contributed by atoms with E-state index in [1.54, 1.807) is 0 Å². The molecule has 0 nitrogen and oxygen atoms in total. The first-order valence-electron chi connectivity index (χ1n) is 8.53. The van der Waals surface area contributed by atoms with Crippen molar-refractivity contribution < 1.29 is 47.8 Å². The van der Waals surface area contributed by atoms with Crippen LogP contribution in [0, 0.1) is 0 Å². The summed E-state index contributed by atoms with van der Waals surface area (Å²) in [6.07, 6.45) is 7.75. The van der Waals surface area contributed by atoms with E-state index in [1.807, 2.05) is 0 Å². The third kappa shape index (κ3) is 20.4. The second-order valence-corrected chi connectivity index (χ2v) is 18.6. The van der Waals surface area contributed by atoms with Gasteiger partial charge < -0.3 is 24.8 Å². The molecule has 2 aromatic rings. The Balaban J connectivity index is -0.000000283. The Morgan fingerprint density at radius 2 is 0.958 bits per heavy atom. The monoisotopic (exact) mass is 550 g/mol. The van der Waals surface area contributed by atoms with Gasteiger partial charge in [0.2, 0.25) is 0 Å². The van der Waals surface area contributed by atoms with E-state index in [1.165, 1.54) is 72.7 Å². The van der Waals surface area contributed by atoms with Crippen molar-refractivity contribution in [1.29, 1.82) is 0 Å². The summed E-state index contributed by atoms with van der Waals surface area (Å²) in [5.41, 5.74) is 3.23. The zero-order valence-corrected chi connectivity index (χ0v) is 21.7. The molecule has 0 bridgehead atoms. The molecule has 4 heteroatoms. The molecule has 0 fully saturated rings. The standard InChI is InChI=1S/2C9H13.C2H6Si.2ClH.Hf/c2*1-2-3-6-9-7-4-5-8-9;1-3-2;;;/h2*4-5,7-8H,2-3,6H2,1H3;1-2H3;2*1H;/q2*-1;;;;+2/p-2. The predicted octanol–water partition coefficient (Wildman–Crippen LogP) is 0.289. The summed E-state index contributed by atoms with van der Waals surface area (Å²) >= 11 is 1.45. The molecule has 0 radical (unpaired) electrons. The molecule has 2 rings (SSSR count). The normalized spacial score (nSPS) is 8.58. The molecule has 0 unspecified atom stereocenters. The van der Waals surface area contributed by atoms with E-state index < -0.39 is 0 Å². The van der Waals surface area contributed by atoms with Crippen molar-refractivity contribution in [3.05, 3.63) is 59.7 Å². The summed E-state index contributed by atoms with van der Waals surface area (Å²) in [5.74, 6) is 0. The number of halogens is 2. The maximum Gasteiger partial charge on any atom is -1.00 e. The molecule has 0 amide bonds. The summed E-state index contributed by atoms with van der Waals surface area (Å²) in [4.78, 5) is 0. The third-order valence-corrected chi connectivity index (χ3v) is 3.10. The smallest absolute Gasteiger partial charge is 1.00 e. The van der Waals surface area contributed by atoms with E-state index in [2.05, 4.69) is 75.5 Å². The van der Waals surface area contributed by atoms with Crippen molar-refractivity contribution in [2.24, 2.45) is 0 Å². The van der Waals surface area contributed by atoms with Crippen molar-refractivity contribution in [2.45, 2.75) is 65.5 Å². The molecule has 0 aliphatic carbocycles. The Labute approximate surface area is 177 Å². The van der Waals surface area contributed by atoms with Crippen LogP contribution in [0.3, 0.4) is 0 Å². The average molecular weight is 550 g/mol. The van der Waals surface area contributed by atoms with Crippen LogP contribution >= 0.6 is 0 Å². The minimum Gasteiger partial charge on any atom is -1.00 e. The quantitative estimate of drug-likeness (QED) is 0.359. The molecule has 0 saturated carbocycles. The van der Waals surface area contributed by atoms with E-state index >= 15 is 0 Å². The van der Waals surface area contributed by atoms with Crippen molar-refractivity contribution in [3.63, 3.8) is 0 Å². The Kier molecular flexibility index (Phi) is 26.0. The topological polar surface area (TPSA) is 0 Å². The third-order valence-electron chi connectivity index (χ3n) is 3.10. The van der Waals surface area contributed by atoms with Crippen LogP contribution in [0.25, 0.3) is 0 Å². The Morgan fingerprint density at radius 3 is 1.17 bits per heavy atom. The minimum atomic E-state index is 0.